The van der Waals surface area contributed by atoms with E-state index in [4.69, 9.17) is 0 Å². The fourth-order valence-electron chi connectivity index (χ4n) is 3.78. The molecular formula is C22H28N2O3S. The van der Waals surface area contributed by atoms with Gasteiger partial charge in [-0.2, -0.15) is 0 Å². The normalized spacial score (nSPS) is 17.4. The summed E-state index contributed by atoms with van der Waals surface area (Å²) in [6, 6.07) is 12.4. The van der Waals surface area contributed by atoms with Crippen LogP contribution in [0.3, 0.4) is 0 Å². The van der Waals surface area contributed by atoms with Crippen LogP contribution in [0.1, 0.15) is 54.1 Å². The zero-order chi connectivity index (χ0) is 20.3. The largest absolute Gasteiger partial charge is 0.336 e. The van der Waals surface area contributed by atoms with Gasteiger partial charge in [-0.1, -0.05) is 25.1 Å². The van der Waals surface area contributed by atoms with Crippen molar-refractivity contribution in [3.05, 3.63) is 59.2 Å². The van der Waals surface area contributed by atoms with Crippen molar-refractivity contribution in [3.63, 3.8) is 0 Å². The quantitative estimate of drug-likeness (QED) is 0.803. The van der Waals surface area contributed by atoms with Crippen molar-refractivity contribution >= 4 is 21.6 Å². The van der Waals surface area contributed by atoms with E-state index in [2.05, 4.69) is 11.6 Å². The number of rotatable bonds is 5. The molecule has 1 saturated heterocycles. The van der Waals surface area contributed by atoms with Crippen LogP contribution < -0.4 is 4.72 Å². The Balaban J connectivity index is 1.85. The number of sulfonamides is 1. The Bertz CT molecular complexity index is 969. The number of benzene rings is 2. The maximum Gasteiger partial charge on any atom is 0.262 e. The number of carbonyl (C=O) groups excluding carboxylic acids is 1. The van der Waals surface area contributed by atoms with Crippen LogP contribution in [0.5, 0.6) is 0 Å². The molecule has 1 atom stereocenters. The molecule has 0 spiro atoms. The van der Waals surface area contributed by atoms with Crippen molar-refractivity contribution in [3.8, 4) is 0 Å². The molecule has 1 amide bonds. The number of piperidine rings is 1. The molecule has 1 fully saturated rings. The van der Waals surface area contributed by atoms with Crippen molar-refractivity contribution in [2.45, 2.75) is 57.4 Å². The summed E-state index contributed by atoms with van der Waals surface area (Å²) in [5.41, 5.74) is 2.48. The first-order valence-electron chi connectivity index (χ1n) is 9.83. The molecule has 0 aromatic heterocycles. The Kier molecular flexibility index (Phi) is 6.08. The van der Waals surface area contributed by atoms with Crippen LogP contribution in [-0.4, -0.2) is 31.8 Å². The first-order valence-corrected chi connectivity index (χ1v) is 11.3. The molecule has 1 heterocycles. The average molecular weight is 401 g/mol. The van der Waals surface area contributed by atoms with Gasteiger partial charge in [0.1, 0.15) is 0 Å². The zero-order valence-electron chi connectivity index (χ0n) is 16.7. The second kappa shape index (κ2) is 8.35. The van der Waals surface area contributed by atoms with Crippen LogP contribution in [0.2, 0.25) is 0 Å². The van der Waals surface area contributed by atoms with Crippen LogP contribution in [0.15, 0.2) is 47.4 Å². The molecule has 0 radical (unpaired) electrons. The Hall–Kier alpha value is -2.34. The monoisotopic (exact) mass is 400 g/mol. The van der Waals surface area contributed by atoms with Gasteiger partial charge in [-0.25, -0.2) is 8.42 Å². The number of nitrogens with zero attached hydrogens (tertiary/aromatic N) is 1. The molecule has 1 N–H and O–H groups in total. The molecule has 3 rings (SSSR count). The Morgan fingerprint density at radius 1 is 1.14 bits per heavy atom. The highest BCUT2D eigenvalue weighted by Gasteiger charge is 2.26. The predicted octanol–water partition coefficient (Wildman–Crippen LogP) is 4.51. The molecule has 150 valence electrons. The summed E-state index contributed by atoms with van der Waals surface area (Å²) in [5, 5.41) is 0. The fraction of sp³-hybridized carbons (Fsp3) is 0.409. The Labute approximate surface area is 167 Å². The summed E-state index contributed by atoms with van der Waals surface area (Å²) in [4.78, 5) is 15.2. The summed E-state index contributed by atoms with van der Waals surface area (Å²) in [6.07, 6.45) is 4.13. The molecule has 5 nitrogen and oxygen atoms in total. The molecular weight excluding hydrogens is 372 g/mol. The van der Waals surface area contributed by atoms with Gasteiger partial charge in [0.2, 0.25) is 0 Å². The van der Waals surface area contributed by atoms with Crippen LogP contribution >= 0.6 is 0 Å². The van der Waals surface area contributed by atoms with Crippen molar-refractivity contribution in [2.24, 2.45) is 0 Å². The van der Waals surface area contributed by atoms with Crippen molar-refractivity contribution in [1.82, 2.24) is 4.90 Å². The van der Waals surface area contributed by atoms with Gasteiger partial charge in [-0.15, -0.1) is 0 Å². The molecule has 0 aliphatic carbocycles. The smallest absolute Gasteiger partial charge is 0.262 e. The van der Waals surface area contributed by atoms with E-state index >= 15 is 0 Å². The first-order chi connectivity index (χ1) is 13.3. The summed E-state index contributed by atoms with van der Waals surface area (Å²) < 4.78 is 28.3. The molecule has 1 unspecified atom stereocenters. The number of aryl methyl sites for hydroxylation is 2. The third-order valence-corrected chi connectivity index (χ3v) is 6.88. The van der Waals surface area contributed by atoms with Gasteiger partial charge in [0.05, 0.1) is 4.90 Å². The van der Waals surface area contributed by atoms with E-state index in [9.17, 15) is 13.2 Å². The average Bonchev–Trinajstić information content (AvgIpc) is 2.69. The number of hydrogen-bond acceptors (Lipinski definition) is 3. The number of amides is 1. The van der Waals surface area contributed by atoms with Gasteiger partial charge in [0.25, 0.3) is 15.9 Å². The Morgan fingerprint density at radius 3 is 2.68 bits per heavy atom. The van der Waals surface area contributed by atoms with E-state index in [1.54, 1.807) is 43.3 Å². The van der Waals surface area contributed by atoms with Gasteiger partial charge < -0.3 is 4.90 Å². The summed E-state index contributed by atoms with van der Waals surface area (Å²) in [5.74, 6) is -0.0284. The topological polar surface area (TPSA) is 66.5 Å². The lowest BCUT2D eigenvalue weighted by Crippen LogP contribution is -2.43. The lowest BCUT2D eigenvalue weighted by molar-refractivity contribution is 0.0608. The number of hydrogen-bond donors (Lipinski definition) is 1. The molecule has 2 aromatic rings. The number of nitrogens with one attached hydrogen (secondary N) is 1. The van der Waals surface area contributed by atoms with E-state index in [-0.39, 0.29) is 16.8 Å². The van der Waals surface area contributed by atoms with Gasteiger partial charge in [0, 0.05) is 23.8 Å². The van der Waals surface area contributed by atoms with Crippen molar-refractivity contribution in [1.29, 1.82) is 0 Å². The standard InChI is InChI=1S/C22H28N2O3S/c1-4-20-10-5-6-13-24(20)22(25)18-8-7-9-19(15-18)23-28(26,27)21-14-16(2)11-12-17(21)3/h7-9,11-12,14-15,20,23H,4-6,10,13H2,1-3H3. The third kappa shape index (κ3) is 4.38. The summed E-state index contributed by atoms with van der Waals surface area (Å²) in [7, 11) is -3.72. The molecule has 6 heteroatoms. The highest BCUT2D eigenvalue weighted by Crippen LogP contribution is 2.24. The van der Waals surface area contributed by atoms with E-state index in [1.807, 2.05) is 17.9 Å². The van der Waals surface area contributed by atoms with Gasteiger partial charge in [-0.3, -0.25) is 9.52 Å². The molecule has 2 aromatic carbocycles. The third-order valence-electron chi connectivity index (χ3n) is 5.35. The van der Waals surface area contributed by atoms with Crippen molar-refractivity contribution in [2.75, 3.05) is 11.3 Å². The van der Waals surface area contributed by atoms with Crippen LogP contribution in [0, 0.1) is 13.8 Å². The van der Waals surface area contributed by atoms with Crippen LogP contribution in [0.25, 0.3) is 0 Å². The zero-order valence-corrected chi connectivity index (χ0v) is 17.6. The first kappa shape index (κ1) is 20.4. The predicted molar refractivity (Wildman–Crippen MR) is 112 cm³/mol. The lowest BCUT2D eigenvalue weighted by Gasteiger charge is -2.35. The minimum atomic E-state index is -3.72. The highest BCUT2D eigenvalue weighted by atomic mass is 32.2. The fourth-order valence-corrected chi connectivity index (χ4v) is 5.16. The second-order valence-corrected chi connectivity index (χ2v) is 9.16. The van der Waals surface area contributed by atoms with E-state index < -0.39 is 10.0 Å². The molecule has 1 aliphatic rings. The minimum absolute atomic E-state index is 0.0284. The van der Waals surface area contributed by atoms with Crippen LogP contribution in [0.4, 0.5) is 5.69 Å². The van der Waals surface area contributed by atoms with Crippen molar-refractivity contribution < 1.29 is 13.2 Å². The lowest BCUT2D eigenvalue weighted by atomic mass is 9.99. The minimum Gasteiger partial charge on any atom is -0.336 e. The number of anilines is 1. The maximum atomic E-state index is 13.0. The number of carbonyl (C=O) groups is 1. The van der Waals surface area contributed by atoms with E-state index in [0.29, 0.717) is 16.8 Å². The highest BCUT2D eigenvalue weighted by molar-refractivity contribution is 7.92. The van der Waals surface area contributed by atoms with Gasteiger partial charge in [0.15, 0.2) is 0 Å². The van der Waals surface area contributed by atoms with Gasteiger partial charge >= 0.3 is 0 Å². The number of likely N-dealkylation sites (tertiary alicyclic amines) is 1. The molecule has 0 bridgehead atoms. The Morgan fingerprint density at radius 2 is 1.93 bits per heavy atom. The molecule has 0 saturated carbocycles. The van der Waals surface area contributed by atoms with E-state index in [0.717, 1.165) is 37.8 Å². The van der Waals surface area contributed by atoms with Gasteiger partial charge in [-0.05, 0) is 74.9 Å². The summed E-state index contributed by atoms with van der Waals surface area (Å²) >= 11 is 0. The molecule has 1 aliphatic heterocycles. The van der Waals surface area contributed by atoms with E-state index in [1.165, 1.54) is 0 Å². The molecule has 28 heavy (non-hydrogen) atoms. The second-order valence-electron chi connectivity index (χ2n) is 7.51. The summed E-state index contributed by atoms with van der Waals surface area (Å²) in [6.45, 7) is 6.50. The maximum absolute atomic E-state index is 13.0. The SMILES string of the molecule is CCC1CCCCN1C(=O)c1cccc(NS(=O)(=O)c2cc(C)ccc2C)c1. The van der Waals surface area contributed by atoms with Crippen LogP contribution in [-0.2, 0) is 10.0 Å².